The number of halogens is 1. The van der Waals surface area contributed by atoms with Crippen LogP contribution in [-0.4, -0.2) is 21.9 Å². The second-order valence-electron chi connectivity index (χ2n) is 4.73. The zero-order chi connectivity index (χ0) is 13.2. The summed E-state index contributed by atoms with van der Waals surface area (Å²) in [5, 5.41) is 0. The molecule has 1 aliphatic rings. The zero-order valence-electron chi connectivity index (χ0n) is 10.8. The van der Waals surface area contributed by atoms with E-state index in [0.717, 1.165) is 36.4 Å². The van der Waals surface area contributed by atoms with Crippen LogP contribution < -0.4 is 4.74 Å². The lowest BCUT2D eigenvalue weighted by Gasteiger charge is -2.19. The molecule has 0 amide bonds. The first-order chi connectivity index (χ1) is 9.26. The van der Waals surface area contributed by atoms with Crippen LogP contribution in [0.4, 0.5) is 0 Å². The highest BCUT2D eigenvalue weighted by molar-refractivity contribution is 9.09. The Bertz CT molecular complexity index is 583. The summed E-state index contributed by atoms with van der Waals surface area (Å²) < 4.78 is 5.16. The van der Waals surface area contributed by atoms with E-state index in [9.17, 15) is 0 Å². The topological polar surface area (TPSA) is 35.0 Å². The van der Waals surface area contributed by atoms with E-state index >= 15 is 0 Å². The quantitative estimate of drug-likeness (QED) is 0.796. The van der Waals surface area contributed by atoms with E-state index in [1.165, 1.54) is 11.3 Å². The van der Waals surface area contributed by atoms with Crippen LogP contribution >= 0.6 is 15.9 Å². The number of hydrogen-bond donors (Lipinski definition) is 0. The maximum absolute atomic E-state index is 5.16. The van der Waals surface area contributed by atoms with Crippen molar-refractivity contribution in [1.29, 1.82) is 0 Å². The van der Waals surface area contributed by atoms with Crippen molar-refractivity contribution < 1.29 is 4.74 Å². The van der Waals surface area contributed by atoms with Crippen molar-refractivity contribution in [1.82, 2.24) is 9.97 Å². The number of methoxy groups -OCH3 is 1. The summed E-state index contributed by atoms with van der Waals surface area (Å²) in [5.41, 5.74) is 3.49. The highest BCUT2D eigenvalue weighted by Gasteiger charge is 2.18. The monoisotopic (exact) mass is 318 g/mol. The number of fused-ring (bicyclic) bond motifs is 1. The smallest absolute Gasteiger partial charge is 0.159 e. The van der Waals surface area contributed by atoms with Gasteiger partial charge in [0.25, 0.3) is 0 Å². The first-order valence-corrected chi connectivity index (χ1v) is 7.31. The summed E-state index contributed by atoms with van der Waals surface area (Å²) in [4.78, 5) is 9.72. The van der Waals surface area contributed by atoms with Crippen LogP contribution in [0, 0.1) is 0 Å². The Labute approximate surface area is 121 Å². The van der Waals surface area contributed by atoms with Gasteiger partial charge in [-0.1, -0.05) is 15.9 Å². The Hall–Kier alpha value is -1.42. The summed E-state index contributed by atoms with van der Waals surface area (Å²) in [7, 11) is 1.67. The molecule has 1 aromatic heterocycles. The number of alkyl halides is 1. The Morgan fingerprint density at radius 2 is 2.05 bits per heavy atom. The lowest BCUT2D eigenvalue weighted by Crippen LogP contribution is -2.16. The van der Waals surface area contributed by atoms with Gasteiger partial charge in [0, 0.05) is 28.7 Å². The first kappa shape index (κ1) is 12.6. The fourth-order valence-electron chi connectivity index (χ4n) is 2.33. The number of nitrogens with zero attached hydrogens (tertiary/aromatic N) is 2. The van der Waals surface area contributed by atoms with Gasteiger partial charge in [-0.05, 0) is 42.7 Å². The van der Waals surface area contributed by atoms with Gasteiger partial charge in [-0.3, -0.25) is 0 Å². The second-order valence-corrected chi connectivity index (χ2v) is 6.03. The molecule has 1 atom stereocenters. The third kappa shape index (κ3) is 2.63. The van der Waals surface area contributed by atoms with Crippen LogP contribution in [0.25, 0.3) is 11.4 Å². The molecule has 4 heteroatoms. The molecule has 1 heterocycles. The lowest BCUT2D eigenvalue weighted by molar-refractivity contribution is 0.415. The molecule has 0 spiro atoms. The molecule has 0 saturated carbocycles. The Kier molecular flexibility index (Phi) is 3.51. The van der Waals surface area contributed by atoms with Crippen molar-refractivity contribution >= 4 is 15.9 Å². The zero-order valence-corrected chi connectivity index (χ0v) is 12.4. The van der Waals surface area contributed by atoms with Crippen molar-refractivity contribution in [2.24, 2.45) is 0 Å². The van der Waals surface area contributed by atoms with Gasteiger partial charge in [-0.15, -0.1) is 0 Å². The van der Waals surface area contributed by atoms with Crippen LogP contribution in [0.1, 0.15) is 17.7 Å². The van der Waals surface area contributed by atoms with Gasteiger partial charge in [0.05, 0.1) is 7.11 Å². The number of ether oxygens (including phenoxy) is 1. The van der Waals surface area contributed by atoms with E-state index in [2.05, 4.69) is 20.9 Å². The minimum Gasteiger partial charge on any atom is -0.497 e. The molecule has 3 nitrogen and oxygen atoms in total. The van der Waals surface area contributed by atoms with Crippen LogP contribution in [0.3, 0.4) is 0 Å². The third-order valence-corrected chi connectivity index (χ3v) is 4.23. The minimum absolute atomic E-state index is 0.540. The molecule has 19 heavy (non-hydrogen) atoms. The highest BCUT2D eigenvalue weighted by atomic mass is 79.9. The van der Waals surface area contributed by atoms with Gasteiger partial charge in [0.2, 0.25) is 0 Å². The predicted octanol–water partition coefficient (Wildman–Crippen LogP) is 3.40. The van der Waals surface area contributed by atoms with Crippen molar-refractivity contribution in [3.05, 3.63) is 41.7 Å². The van der Waals surface area contributed by atoms with Gasteiger partial charge in [-0.2, -0.15) is 0 Å². The number of hydrogen-bond acceptors (Lipinski definition) is 3. The SMILES string of the molecule is COc1ccc(-c2ncc3c(n2)CC(Br)CC3)cc1. The molecule has 2 aromatic rings. The van der Waals surface area contributed by atoms with E-state index in [1.807, 2.05) is 30.5 Å². The van der Waals surface area contributed by atoms with Crippen molar-refractivity contribution in [3.8, 4) is 17.1 Å². The molecule has 3 rings (SSSR count). The van der Waals surface area contributed by atoms with Gasteiger partial charge < -0.3 is 4.74 Å². The van der Waals surface area contributed by atoms with Crippen LogP contribution in [0.5, 0.6) is 5.75 Å². The molecule has 0 N–H and O–H groups in total. The van der Waals surface area contributed by atoms with Gasteiger partial charge in [0.1, 0.15) is 5.75 Å². The Morgan fingerprint density at radius 1 is 1.26 bits per heavy atom. The predicted molar refractivity (Wildman–Crippen MR) is 78.8 cm³/mol. The third-order valence-electron chi connectivity index (χ3n) is 3.44. The summed E-state index contributed by atoms with van der Waals surface area (Å²) in [5.74, 6) is 1.64. The molecule has 0 fully saturated rings. The van der Waals surface area contributed by atoms with Crippen LogP contribution in [0.15, 0.2) is 30.5 Å². The Morgan fingerprint density at radius 3 is 2.79 bits per heavy atom. The highest BCUT2D eigenvalue weighted by Crippen LogP contribution is 2.26. The molecule has 0 bridgehead atoms. The summed E-state index contributed by atoms with van der Waals surface area (Å²) >= 11 is 3.68. The fourth-order valence-corrected chi connectivity index (χ4v) is 2.87. The summed E-state index contributed by atoms with van der Waals surface area (Å²) in [6.45, 7) is 0. The maximum Gasteiger partial charge on any atom is 0.159 e. The minimum atomic E-state index is 0.540. The number of aromatic nitrogens is 2. The molecular formula is C15H15BrN2O. The van der Waals surface area contributed by atoms with Gasteiger partial charge in [-0.25, -0.2) is 9.97 Å². The van der Waals surface area contributed by atoms with Gasteiger partial charge >= 0.3 is 0 Å². The number of aryl methyl sites for hydroxylation is 1. The van der Waals surface area contributed by atoms with E-state index in [0.29, 0.717) is 4.83 Å². The van der Waals surface area contributed by atoms with Crippen molar-refractivity contribution in [2.45, 2.75) is 24.1 Å². The second kappa shape index (κ2) is 5.29. The lowest BCUT2D eigenvalue weighted by atomic mass is 9.97. The maximum atomic E-state index is 5.16. The van der Waals surface area contributed by atoms with Crippen LogP contribution in [0.2, 0.25) is 0 Å². The van der Waals surface area contributed by atoms with Crippen molar-refractivity contribution in [3.63, 3.8) is 0 Å². The van der Waals surface area contributed by atoms with E-state index in [4.69, 9.17) is 9.72 Å². The molecule has 1 aromatic carbocycles. The number of benzene rings is 1. The largest absolute Gasteiger partial charge is 0.497 e. The molecule has 0 saturated heterocycles. The van der Waals surface area contributed by atoms with E-state index in [1.54, 1.807) is 7.11 Å². The number of rotatable bonds is 2. The van der Waals surface area contributed by atoms with Crippen molar-refractivity contribution in [2.75, 3.05) is 7.11 Å². The molecule has 1 unspecified atom stereocenters. The standard InChI is InChI=1S/C15H15BrN2O/c1-19-13-6-3-10(4-7-13)15-17-9-11-2-5-12(16)8-14(11)18-15/h3-4,6-7,9,12H,2,5,8H2,1H3. The first-order valence-electron chi connectivity index (χ1n) is 6.39. The average molecular weight is 319 g/mol. The Balaban J connectivity index is 1.94. The molecule has 0 radical (unpaired) electrons. The molecule has 98 valence electrons. The van der Waals surface area contributed by atoms with Gasteiger partial charge in [0.15, 0.2) is 5.82 Å². The molecule has 0 aliphatic heterocycles. The fraction of sp³-hybridized carbons (Fsp3) is 0.333. The molecular weight excluding hydrogens is 304 g/mol. The van der Waals surface area contributed by atoms with E-state index in [-0.39, 0.29) is 0 Å². The summed E-state index contributed by atoms with van der Waals surface area (Å²) in [6.07, 6.45) is 5.19. The average Bonchev–Trinajstić information content (AvgIpc) is 2.46. The summed E-state index contributed by atoms with van der Waals surface area (Å²) in [6, 6.07) is 7.86. The molecule has 1 aliphatic carbocycles. The van der Waals surface area contributed by atoms with E-state index < -0.39 is 0 Å². The van der Waals surface area contributed by atoms with Crippen LogP contribution in [-0.2, 0) is 12.8 Å². The normalized spacial score (nSPS) is 17.9.